The largest absolute Gasteiger partial charge is 0.372 e. The van der Waals surface area contributed by atoms with Gasteiger partial charge in [0, 0.05) is 5.69 Å². The molecule has 72 valence electrons. The molecule has 1 aromatic rings. The molecular formula is C8H12FN3O. The molecule has 1 rings (SSSR count). The Kier molecular flexibility index (Phi) is 3.63. The lowest BCUT2D eigenvalue weighted by atomic mass is 10.3. The van der Waals surface area contributed by atoms with E-state index in [4.69, 9.17) is 5.84 Å². The number of aliphatic hydroxyl groups excluding tert-OH is 1. The molecule has 13 heavy (non-hydrogen) atoms. The predicted octanol–water partition coefficient (Wildman–Crippen LogP) is 0.0193. The van der Waals surface area contributed by atoms with Crippen LogP contribution in [0.1, 0.15) is 0 Å². The van der Waals surface area contributed by atoms with Crippen LogP contribution < -0.4 is 16.6 Å². The molecule has 0 aromatic heterocycles. The highest BCUT2D eigenvalue weighted by Gasteiger charge is 2.01. The van der Waals surface area contributed by atoms with Crippen LogP contribution in [-0.2, 0) is 0 Å². The van der Waals surface area contributed by atoms with Crippen LogP contribution in [0, 0.1) is 5.82 Å². The van der Waals surface area contributed by atoms with Crippen LogP contribution in [0.2, 0.25) is 0 Å². The molecule has 1 aromatic carbocycles. The second kappa shape index (κ2) is 4.76. The smallest absolute Gasteiger partial charge is 0.138 e. The van der Waals surface area contributed by atoms with E-state index in [-0.39, 0.29) is 12.4 Å². The monoisotopic (exact) mass is 185 g/mol. The van der Waals surface area contributed by atoms with E-state index in [0.717, 1.165) is 0 Å². The zero-order valence-corrected chi connectivity index (χ0v) is 7.00. The predicted molar refractivity (Wildman–Crippen MR) is 48.2 cm³/mol. The molecule has 0 saturated heterocycles. The van der Waals surface area contributed by atoms with E-state index in [9.17, 15) is 9.50 Å². The number of nitrogens with one attached hydrogen (secondary N) is 2. The van der Waals surface area contributed by atoms with Crippen molar-refractivity contribution < 1.29 is 9.50 Å². The first kappa shape index (κ1) is 9.91. The van der Waals surface area contributed by atoms with Gasteiger partial charge < -0.3 is 10.4 Å². The Labute approximate surface area is 75.5 Å². The van der Waals surface area contributed by atoms with Gasteiger partial charge >= 0.3 is 0 Å². The van der Waals surface area contributed by atoms with E-state index in [1.54, 1.807) is 12.1 Å². The number of nitrogens with two attached hydrogens (primary N) is 1. The summed E-state index contributed by atoms with van der Waals surface area (Å²) in [5.74, 6) is 4.64. The number of hydrazine groups is 1. The van der Waals surface area contributed by atoms with Crippen molar-refractivity contribution in [1.82, 2.24) is 5.43 Å². The molecule has 0 bridgehead atoms. The Morgan fingerprint density at radius 1 is 1.54 bits per heavy atom. The van der Waals surface area contributed by atoms with Crippen LogP contribution >= 0.6 is 0 Å². The van der Waals surface area contributed by atoms with E-state index in [1.165, 1.54) is 12.1 Å². The molecule has 0 heterocycles. The Hall–Kier alpha value is -1.17. The SMILES string of the molecule is NNCC(O)Nc1cccc(F)c1. The van der Waals surface area contributed by atoms with Gasteiger partial charge in [-0.2, -0.15) is 0 Å². The molecule has 0 aliphatic heterocycles. The summed E-state index contributed by atoms with van der Waals surface area (Å²) in [4.78, 5) is 0. The second-order valence-electron chi connectivity index (χ2n) is 2.58. The van der Waals surface area contributed by atoms with E-state index >= 15 is 0 Å². The van der Waals surface area contributed by atoms with E-state index in [2.05, 4.69) is 10.7 Å². The first-order chi connectivity index (χ1) is 6.22. The number of hydrogen-bond donors (Lipinski definition) is 4. The summed E-state index contributed by atoms with van der Waals surface area (Å²) in [5.41, 5.74) is 2.81. The number of anilines is 1. The number of benzene rings is 1. The zero-order chi connectivity index (χ0) is 9.68. The maximum Gasteiger partial charge on any atom is 0.138 e. The maximum absolute atomic E-state index is 12.6. The molecule has 1 atom stereocenters. The van der Waals surface area contributed by atoms with Gasteiger partial charge in [-0.1, -0.05) is 6.07 Å². The number of hydrogen-bond acceptors (Lipinski definition) is 4. The Bertz CT molecular complexity index is 269. The average molecular weight is 185 g/mol. The lowest BCUT2D eigenvalue weighted by Gasteiger charge is -2.12. The molecule has 0 amide bonds. The summed E-state index contributed by atoms with van der Waals surface area (Å²) >= 11 is 0. The first-order valence-corrected chi connectivity index (χ1v) is 3.86. The summed E-state index contributed by atoms with van der Waals surface area (Å²) in [7, 11) is 0. The molecule has 0 fully saturated rings. The van der Waals surface area contributed by atoms with Gasteiger partial charge in [-0.25, -0.2) is 4.39 Å². The average Bonchev–Trinajstić information content (AvgIpc) is 2.04. The molecule has 0 aliphatic carbocycles. The Morgan fingerprint density at radius 3 is 2.92 bits per heavy atom. The van der Waals surface area contributed by atoms with E-state index in [0.29, 0.717) is 5.69 Å². The molecule has 0 spiro atoms. The molecule has 0 radical (unpaired) electrons. The van der Waals surface area contributed by atoms with Crippen molar-refractivity contribution in [3.05, 3.63) is 30.1 Å². The van der Waals surface area contributed by atoms with E-state index in [1.807, 2.05) is 0 Å². The van der Waals surface area contributed by atoms with Crippen molar-refractivity contribution in [2.24, 2.45) is 5.84 Å². The van der Waals surface area contributed by atoms with Crippen molar-refractivity contribution in [2.75, 3.05) is 11.9 Å². The summed E-state index contributed by atoms with van der Waals surface area (Å²) < 4.78 is 12.6. The molecule has 0 aliphatic rings. The van der Waals surface area contributed by atoms with Crippen LogP contribution in [0.4, 0.5) is 10.1 Å². The molecule has 0 saturated carbocycles. The van der Waals surface area contributed by atoms with Crippen LogP contribution in [0.15, 0.2) is 24.3 Å². The highest BCUT2D eigenvalue weighted by molar-refractivity contribution is 5.43. The van der Waals surface area contributed by atoms with Crippen LogP contribution in [0.25, 0.3) is 0 Å². The summed E-state index contributed by atoms with van der Waals surface area (Å²) in [5, 5.41) is 11.9. The van der Waals surface area contributed by atoms with Gasteiger partial charge in [0.15, 0.2) is 0 Å². The maximum atomic E-state index is 12.6. The van der Waals surface area contributed by atoms with Crippen molar-refractivity contribution in [1.29, 1.82) is 0 Å². The quantitative estimate of drug-likeness (QED) is 0.303. The molecule has 5 N–H and O–H groups in total. The minimum absolute atomic E-state index is 0.191. The topological polar surface area (TPSA) is 70.3 Å². The van der Waals surface area contributed by atoms with Gasteiger partial charge in [0.25, 0.3) is 0 Å². The Balaban J connectivity index is 2.53. The fourth-order valence-corrected chi connectivity index (χ4v) is 0.933. The van der Waals surface area contributed by atoms with Gasteiger partial charge in [0.1, 0.15) is 12.0 Å². The van der Waals surface area contributed by atoms with Crippen molar-refractivity contribution in [2.45, 2.75) is 6.23 Å². The second-order valence-corrected chi connectivity index (χ2v) is 2.58. The lowest BCUT2D eigenvalue weighted by Crippen LogP contribution is -2.36. The van der Waals surface area contributed by atoms with Gasteiger partial charge in [0.2, 0.25) is 0 Å². The van der Waals surface area contributed by atoms with Gasteiger partial charge in [-0.05, 0) is 18.2 Å². The zero-order valence-electron chi connectivity index (χ0n) is 7.00. The minimum Gasteiger partial charge on any atom is -0.372 e. The van der Waals surface area contributed by atoms with Gasteiger partial charge in [-0.3, -0.25) is 11.3 Å². The standard InChI is InChI=1S/C8H12FN3O/c9-6-2-1-3-7(4-6)12-8(13)5-11-10/h1-4,8,11-13H,5,10H2. The molecule has 1 unspecified atom stereocenters. The molecule has 4 nitrogen and oxygen atoms in total. The van der Waals surface area contributed by atoms with Crippen molar-refractivity contribution >= 4 is 5.69 Å². The summed E-state index contributed by atoms with van der Waals surface area (Å²) in [6.07, 6.45) is -0.827. The summed E-state index contributed by atoms with van der Waals surface area (Å²) in [6.45, 7) is 0.191. The van der Waals surface area contributed by atoms with Crippen molar-refractivity contribution in [3.63, 3.8) is 0 Å². The fraction of sp³-hybridized carbons (Fsp3) is 0.250. The van der Waals surface area contributed by atoms with Crippen LogP contribution in [-0.4, -0.2) is 17.9 Å². The summed E-state index contributed by atoms with van der Waals surface area (Å²) in [6, 6.07) is 5.83. The van der Waals surface area contributed by atoms with Gasteiger partial charge in [0.05, 0.1) is 6.54 Å². The van der Waals surface area contributed by atoms with Crippen LogP contribution in [0.5, 0.6) is 0 Å². The van der Waals surface area contributed by atoms with Gasteiger partial charge in [-0.15, -0.1) is 0 Å². The third-order valence-corrected chi connectivity index (χ3v) is 1.47. The third-order valence-electron chi connectivity index (χ3n) is 1.47. The third kappa shape index (κ3) is 3.37. The normalized spacial score (nSPS) is 12.5. The number of halogens is 1. The highest BCUT2D eigenvalue weighted by Crippen LogP contribution is 2.09. The minimum atomic E-state index is -0.827. The van der Waals surface area contributed by atoms with E-state index < -0.39 is 6.23 Å². The first-order valence-electron chi connectivity index (χ1n) is 3.86. The molecule has 5 heteroatoms. The number of rotatable bonds is 4. The molecular weight excluding hydrogens is 173 g/mol. The van der Waals surface area contributed by atoms with Crippen molar-refractivity contribution in [3.8, 4) is 0 Å². The lowest BCUT2D eigenvalue weighted by molar-refractivity contribution is 0.200. The Morgan fingerprint density at radius 2 is 2.31 bits per heavy atom. The fourth-order valence-electron chi connectivity index (χ4n) is 0.933. The highest BCUT2D eigenvalue weighted by atomic mass is 19.1. The number of aliphatic hydroxyl groups is 1. The van der Waals surface area contributed by atoms with Crippen LogP contribution in [0.3, 0.4) is 0 Å².